The average molecular weight is 789 g/mol. The van der Waals surface area contributed by atoms with Gasteiger partial charge in [-0.25, -0.2) is 9.59 Å². The topological polar surface area (TPSA) is 202 Å². The van der Waals surface area contributed by atoms with Gasteiger partial charge in [-0.1, -0.05) is 24.3 Å². The summed E-state index contributed by atoms with van der Waals surface area (Å²) in [7, 11) is 3.19. The van der Waals surface area contributed by atoms with Gasteiger partial charge in [-0.2, -0.15) is 0 Å². The van der Waals surface area contributed by atoms with E-state index in [-0.39, 0.29) is 50.8 Å². The van der Waals surface area contributed by atoms with Crippen molar-refractivity contribution < 1.29 is 38.0 Å². The molecule has 3 rings (SSSR count). The number of amides is 2. The molecule has 0 atom stereocenters. The first-order valence-electron chi connectivity index (χ1n) is 18.6. The van der Waals surface area contributed by atoms with Crippen LogP contribution in [0.25, 0.3) is 0 Å². The second-order valence-electron chi connectivity index (χ2n) is 12.8. The number of benzene rings is 1. The molecule has 0 bridgehead atoms. The zero-order valence-electron chi connectivity index (χ0n) is 32.9. The number of hydrogen-bond donors (Lipinski definition) is 2. The van der Waals surface area contributed by atoms with Crippen LogP contribution >= 0.6 is 0 Å². The Morgan fingerprint density at radius 2 is 0.946 bits per heavy atom. The minimum atomic E-state index is -0.576. The number of nitrogens with one attached hydrogen (secondary N) is 2. The molecule has 0 unspecified atom stereocenters. The fraction of sp³-hybridized carbons (Fsp3) is 0.579. The molecular weight excluding hydrogens is 732 g/mol. The predicted octanol–water partition coefficient (Wildman–Crippen LogP) is -0.581. The summed E-state index contributed by atoms with van der Waals surface area (Å²) >= 11 is 0. The Morgan fingerprint density at radius 3 is 1.34 bits per heavy atom. The zero-order valence-corrected chi connectivity index (χ0v) is 32.9. The van der Waals surface area contributed by atoms with Crippen molar-refractivity contribution in [3.8, 4) is 0 Å². The van der Waals surface area contributed by atoms with Gasteiger partial charge in [0.1, 0.15) is 0 Å². The lowest BCUT2D eigenvalue weighted by atomic mass is 10.1. The van der Waals surface area contributed by atoms with Crippen LogP contribution in [0.5, 0.6) is 0 Å². The van der Waals surface area contributed by atoms with Crippen molar-refractivity contribution >= 4 is 11.8 Å². The molecule has 18 heteroatoms. The van der Waals surface area contributed by atoms with Crippen molar-refractivity contribution in [2.45, 2.75) is 52.9 Å². The molecule has 0 spiro atoms. The summed E-state index contributed by atoms with van der Waals surface area (Å²) in [5.74, 6) is -0.544. The van der Waals surface area contributed by atoms with Gasteiger partial charge < -0.3 is 39.1 Å². The van der Waals surface area contributed by atoms with Gasteiger partial charge in [0, 0.05) is 76.8 Å². The van der Waals surface area contributed by atoms with Crippen LogP contribution < -0.4 is 33.1 Å². The standard InChI is InChI=1S/C38H56N6O12/c1-29-25-41(12-8-33(45)39-10-14-53-20-22-55-18-16-51-3)37(49)43(35(29)47)27-31-6-5-7-32(24-31)28-44-36(48)30(2)26-42(38(44)50)13-9-34(46)40-11-15-54-21-23-56-19-17-52-4/h5-7,24-26H,8-23,27-28H2,1-4H3,(H,39,45)(H,40,46). The summed E-state index contributed by atoms with van der Waals surface area (Å²) in [6.07, 6.45) is 2.91. The van der Waals surface area contributed by atoms with E-state index in [0.29, 0.717) is 101 Å². The smallest absolute Gasteiger partial charge is 0.331 e. The van der Waals surface area contributed by atoms with Gasteiger partial charge in [0.15, 0.2) is 0 Å². The van der Waals surface area contributed by atoms with E-state index >= 15 is 0 Å². The number of methoxy groups -OCH3 is 2. The molecule has 0 saturated carbocycles. The number of aromatic nitrogens is 4. The van der Waals surface area contributed by atoms with Crippen molar-refractivity contribution in [3.05, 3.63) is 101 Å². The first-order valence-corrected chi connectivity index (χ1v) is 18.6. The van der Waals surface area contributed by atoms with E-state index < -0.39 is 22.5 Å². The van der Waals surface area contributed by atoms with Crippen molar-refractivity contribution in [1.82, 2.24) is 28.9 Å². The summed E-state index contributed by atoms with van der Waals surface area (Å²) in [5, 5.41) is 5.50. The summed E-state index contributed by atoms with van der Waals surface area (Å²) in [6.45, 7) is 7.95. The Hall–Kier alpha value is -4.72. The highest BCUT2D eigenvalue weighted by atomic mass is 16.5. The molecule has 0 aliphatic heterocycles. The monoisotopic (exact) mass is 788 g/mol. The highest BCUT2D eigenvalue weighted by Crippen LogP contribution is 2.08. The maximum Gasteiger partial charge on any atom is 0.331 e. The second kappa shape index (κ2) is 25.4. The van der Waals surface area contributed by atoms with Crippen molar-refractivity contribution in [2.24, 2.45) is 0 Å². The number of rotatable bonds is 28. The third kappa shape index (κ3) is 15.8. The minimum absolute atomic E-state index is 0.0160. The highest BCUT2D eigenvalue weighted by molar-refractivity contribution is 5.76. The molecule has 18 nitrogen and oxygen atoms in total. The van der Waals surface area contributed by atoms with Crippen LogP contribution in [0.1, 0.15) is 35.1 Å². The molecule has 0 fully saturated rings. The fourth-order valence-electron chi connectivity index (χ4n) is 5.46. The molecule has 0 aliphatic rings. The van der Waals surface area contributed by atoms with Crippen LogP contribution in [0.15, 0.2) is 55.8 Å². The summed E-state index contributed by atoms with van der Waals surface area (Å²) in [4.78, 5) is 77.8. The molecule has 1 aromatic carbocycles. The SMILES string of the molecule is COCCOCCOCCNC(=O)CCn1cc(C)c(=O)n(Cc2cccc(Cn3c(=O)c(C)cn(CCC(=O)NCCOCCOCCOC)c3=O)c2)c1=O. The third-order valence-electron chi connectivity index (χ3n) is 8.39. The molecule has 56 heavy (non-hydrogen) atoms. The highest BCUT2D eigenvalue weighted by Gasteiger charge is 2.14. The molecule has 2 heterocycles. The van der Waals surface area contributed by atoms with E-state index in [1.807, 2.05) is 0 Å². The van der Waals surface area contributed by atoms with E-state index in [0.717, 1.165) is 9.13 Å². The van der Waals surface area contributed by atoms with Crippen LogP contribution in [-0.4, -0.2) is 123 Å². The quantitative estimate of drug-likeness (QED) is 0.0889. The van der Waals surface area contributed by atoms with Gasteiger partial charge in [0.2, 0.25) is 11.8 Å². The van der Waals surface area contributed by atoms with E-state index in [9.17, 15) is 28.8 Å². The van der Waals surface area contributed by atoms with Gasteiger partial charge in [-0.05, 0) is 25.0 Å². The van der Waals surface area contributed by atoms with Crippen molar-refractivity contribution in [2.75, 3.05) is 93.4 Å². The molecule has 2 amide bonds. The van der Waals surface area contributed by atoms with E-state index in [1.54, 1.807) is 52.3 Å². The molecule has 0 radical (unpaired) electrons. The van der Waals surface area contributed by atoms with Crippen LogP contribution in [0, 0.1) is 13.8 Å². The first-order chi connectivity index (χ1) is 27.0. The van der Waals surface area contributed by atoms with E-state index in [2.05, 4.69) is 10.6 Å². The largest absolute Gasteiger partial charge is 0.382 e. The average Bonchev–Trinajstić information content (AvgIpc) is 3.18. The minimum Gasteiger partial charge on any atom is -0.382 e. The fourth-order valence-corrected chi connectivity index (χ4v) is 5.46. The Kier molecular flexibility index (Phi) is 20.7. The Labute approximate surface area is 325 Å². The van der Waals surface area contributed by atoms with Crippen LogP contribution in [0.3, 0.4) is 0 Å². The lowest BCUT2D eigenvalue weighted by Gasteiger charge is -2.14. The Morgan fingerprint density at radius 1 is 0.571 bits per heavy atom. The molecule has 310 valence electrons. The van der Waals surface area contributed by atoms with Gasteiger partial charge in [-0.15, -0.1) is 0 Å². The van der Waals surface area contributed by atoms with E-state index in [1.165, 1.54) is 21.5 Å². The number of carbonyl (C=O) groups excluding carboxylic acids is 2. The maximum atomic E-state index is 13.4. The molecular formula is C38H56N6O12. The number of ether oxygens (including phenoxy) is 6. The van der Waals surface area contributed by atoms with Crippen LogP contribution in [-0.2, 0) is 64.2 Å². The van der Waals surface area contributed by atoms with Gasteiger partial charge in [0.25, 0.3) is 11.1 Å². The number of carbonyl (C=O) groups is 2. The van der Waals surface area contributed by atoms with Crippen LogP contribution in [0.2, 0.25) is 0 Å². The zero-order chi connectivity index (χ0) is 40.7. The lowest BCUT2D eigenvalue weighted by Crippen LogP contribution is -2.42. The normalized spacial score (nSPS) is 11.2. The second-order valence-corrected chi connectivity index (χ2v) is 12.8. The van der Waals surface area contributed by atoms with Crippen molar-refractivity contribution in [3.63, 3.8) is 0 Å². The lowest BCUT2D eigenvalue weighted by molar-refractivity contribution is -0.122. The molecule has 2 aromatic heterocycles. The summed E-state index contributed by atoms with van der Waals surface area (Å²) in [6, 6.07) is 6.91. The maximum absolute atomic E-state index is 13.4. The molecule has 2 N–H and O–H groups in total. The third-order valence-corrected chi connectivity index (χ3v) is 8.39. The molecule has 0 aliphatic carbocycles. The van der Waals surface area contributed by atoms with Gasteiger partial charge in [0.05, 0.1) is 79.2 Å². The molecule has 3 aromatic rings. The summed E-state index contributed by atoms with van der Waals surface area (Å²) in [5.41, 5.74) is -0.237. The predicted molar refractivity (Wildman–Crippen MR) is 206 cm³/mol. The number of aryl methyl sites for hydroxylation is 4. The number of hydrogen-bond acceptors (Lipinski definition) is 12. The molecule has 0 saturated heterocycles. The van der Waals surface area contributed by atoms with Crippen molar-refractivity contribution in [1.29, 1.82) is 0 Å². The van der Waals surface area contributed by atoms with Gasteiger partial charge in [-0.3, -0.25) is 37.4 Å². The Bertz CT molecular complexity index is 1790. The Balaban J connectivity index is 1.57. The summed E-state index contributed by atoms with van der Waals surface area (Å²) < 4.78 is 36.1. The van der Waals surface area contributed by atoms with E-state index in [4.69, 9.17) is 28.4 Å². The van der Waals surface area contributed by atoms with Crippen LogP contribution in [0.4, 0.5) is 0 Å². The first kappa shape index (κ1) is 45.7. The van der Waals surface area contributed by atoms with Gasteiger partial charge >= 0.3 is 11.4 Å². The number of nitrogens with zero attached hydrogens (tertiary/aromatic N) is 4.